The van der Waals surface area contributed by atoms with Gasteiger partial charge in [-0.25, -0.2) is 0 Å². The average molecular weight is 299 g/mol. The van der Waals surface area contributed by atoms with Gasteiger partial charge in [0.15, 0.2) is 0 Å². The summed E-state index contributed by atoms with van der Waals surface area (Å²) in [4.78, 5) is 24.7. The predicted octanol–water partition coefficient (Wildman–Crippen LogP) is 2.48. The first kappa shape index (κ1) is 14.8. The maximum atomic E-state index is 12.7. The molecule has 1 fully saturated rings. The van der Waals surface area contributed by atoms with Crippen LogP contribution in [-0.2, 0) is 14.3 Å². The maximum Gasteiger partial charge on any atom is 0.310 e. The number of ether oxygens (including phenoxy) is 1. The monoisotopic (exact) mass is 299 g/mol. The molecular weight excluding hydrogens is 278 g/mol. The Bertz CT molecular complexity index is 596. The Morgan fingerprint density at radius 2 is 1.77 bits per heavy atom. The summed E-state index contributed by atoms with van der Waals surface area (Å²) in [5.74, 6) is -0.693. The highest BCUT2D eigenvalue weighted by Crippen LogP contribution is 2.48. The van der Waals surface area contributed by atoms with Gasteiger partial charge in [0.2, 0.25) is 5.91 Å². The summed E-state index contributed by atoms with van der Waals surface area (Å²) in [6, 6.07) is 9.76. The third-order valence-corrected chi connectivity index (χ3v) is 4.89. The number of benzene rings is 1. The summed E-state index contributed by atoms with van der Waals surface area (Å²) in [5.41, 5.74) is 1.06. The highest BCUT2D eigenvalue weighted by molar-refractivity contribution is 5.87. The fourth-order valence-corrected chi connectivity index (χ4v) is 3.77. The van der Waals surface area contributed by atoms with Crippen LogP contribution in [-0.4, -0.2) is 19.0 Å². The predicted molar refractivity (Wildman–Crippen MR) is 82.7 cm³/mol. The largest absolute Gasteiger partial charge is 0.469 e. The van der Waals surface area contributed by atoms with Gasteiger partial charge in [-0.15, -0.1) is 0 Å². The molecule has 22 heavy (non-hydrogen) atoms. The van der Waals surface area contributed by atoms with Gasteiger partial charge >= 0.3 is 5.97 Å². The number of esters is 1. The number of fused-ring (bicyclic) bond motifs is 2. The number of rotatable bonds is 4. The van der Waals surface area contributed by atoms with E-state index in [-0.39, 0.29) is 41.6 Å². The molecule has 1 aromatic rings. The highest BCUT2D eigenvalue weighted by atomic mass is 16.5. The van der Waals surface area contributed by atoms with Crippen LogP contribution in [0.1, 0.15) is 24.9 Å². The van der Waals surface area contributed by atoms with Crippen molar-refractivity contribution < 1.29 is 14.3 Å². The second-order valence-corrected chi connectivity index (χ2v) is 6.16. The van der Waals surface area contributed by atoms with Gasteiger partial charge in [-0.05, 0) is 30.7 Å². The quantitative estimate of drug-likeness (QED) is 0.686. The van der Waals surface area contributed by atoms with Gasteiger partial charge in [0, 0.05) is 0 Å². The van der Waals surface area contributed by atoms with E-state index in [4.69, 9.17) is 4.74 Å². The summed E-state index contributed by atoms with van der Waals surface area (Å²) < 4.78 is 4.90. The van der Waals surface area contributed by atoms with E-state index in [1.165, 1.54) is 7.11 Å². The van der Waals surface area contributed by atoms with Crippen LogP contribution in [0.25, 0.3) is 0 Å². The summed E-state index contributed by atoms with van der Waals surface area (Å²) in [5, 5.41) is 3.05. The van der Waals surface area contributed by atoms with E-state index >= 15 is 0 Å². The zero-order valence-corrected chi connectivity index (χ0v) is 12.9. The van der Waals surface area contributed by atoms with Crippen molar-refractivity contribution in [3.05, 3.63) is 48.0 Å². The van der Waals surface area contributed by atoms with Crippen molar-refractivity contribution in [1.29, 1.82) is 0 Å². The second-order valence-electron chi connectivity index (χ2n) is 6.16. The van der Waals surface area contributed by atoms with Crippen molar-refractivity contribution in [2.24, 2.45) is 23.7 Å². The molecule has 2 bridgehead atoms. The summed E-state index contributed by atoms with van der Waals surface area (Å²) >= 11 is 0. The van der Waals surface area contributed by atoms with Crippen LogP contribution in [0.15, 0.2) is 42.5 Å². The van der Waals surface area contributed by atoms with Crippen LogP contribution < -0.4 is 5.32 Å². The van der Waals surface area contributed by atoms with Gasteiger partial charge in [0.1, 0.15) is 0 Å². The van der Waals surface area contributed by atoms with E-state index in [1.54, 1.807) is 0 Å². The Balaban J connectivity index is 1.74. The van der Waals surface area contributed by atoms with Crippen LogP contribution in [0.5, 0.6) is 0 Å². The lowest BCUT2D eigenvalue weighted by molar-refractivity contribution is -0.151. The normalized spacial score (nSPS) is 30.1. The Morgan fingerprint density at radius 1 is 1.14 bits per heavy atom. The van der Waals surface area contributed by atoms with Crippen LogP contribution in [0.4, 0.5) is 0 Å². The van der Waals surface area contributed by atoms with Crippen molar-refractivity contribution in [3.63, 3.8) is 0 Å². The number of carbonyl (C=O) groups excluding carboxylic acids is 2. The molecule has 1 amide bonds. The smallest absolute Gasteiger partial charge is 0.310 e. The van der Waals surface area contributed by atoms with Crippen LogP contribution in [0.2, 0.25) is 0 Å². The Hall–Kier alpha value is -2.10. The van der Waals surface area contributed by atoms with E-state index in [0.29, 0.717) is 0 Å². The molecule has 0 saturated heterocycles. The molecule has 1 aromatic carbocycles. The van der Waals surface area contributed by atoms with Crippen molar-refractivity contribution in [1.82, 2.24) is 5.32 Å². The van der Waals surface area contributed by atoms with E-state index in [2.05, 4.69) is 17.5 Å². The third kappa shape index (κ3) is 2.54. The zero-order valence-electron chi connectivity index (χ0n) is 12.9. The molecule has 1 N–H and O–H groups in total. The van der Waals surface area contributed by atoms with E-state index in [9.17, 15) is 9.59 Å². The molecule has 0 aliphatic heterocycles. The van der Waals surface area contributed by atoms with Crippen molar-refractivity contribution in [2.45, 2.75) is 19.4 Å². The van der Waals surface area contributed by atoms with Gasteiger partial charge in [-0.1, -0.05) is 42.5 Å². The molecule has 2 aliphatic carbocycles. The molecule has 0 unspecified atom stereocenters. The lowest BCUT2D eigenvalue weighted by Crippen LogP contribution is -2.41. The fourth-order valence-electron chi connectivity index (χ4n) is 3.77. The van der Waals surface area contributed by atoms with Gasteiger partial charge in [0.05, 0.1) is 25.0 Å². The fraction of sp³-hybridized carbons (Fsp3) is 0.444. The topological polar surface area (TPSA) is 55.4 Å². The molecule has 5 atom stereocenters. The molecule has 3 rings (SSSR count). The van der Waals surface area contributed by atoms with E-state index < -0.39 is 0 Å². The summed E-state index contributed by atoms with van der Waals surface area (Å²) in [7, 11) is 1.39. The second kappa shape index (κ2) is 5.95. The molecule has 0 radical (unpaired) electrons. The number of methoxy groups -OCH3 is 1. The Labute approximate surface area is 130 Å². The lowest BCUT2D eigenvalue weighted by atomic mass is 9.82. The molecule has 0 spiro atoms. The van der Waals surface area contributed by atoms with Gasteiger partial charge < -0.3 is 10.1 Å². The first-order valence-corrected chi connectivity index (χ1v) is 7.73. The van der Waals surface area contributed by atoms with Crippen molar-refractivity contribution in [2.75, 3.05) is 7.11 Å². The lowest BCUT2D eigenvalue weighted by Gasteiger charge is -2.26. The van der Waals surface area contributed by atoms with Gasteiger partial charge in [0.25, 0.3) is 0 Å². The van der Waals surface area contributed by atoms with Gasteiger partial charge in [-0.3, -0.25) is 9.59 Å². The number of hydrogen-bond donors (Lipinski definition) is 1. The molecule has 0 aromatic heterocycles. The first-order valence-electron chi connectivity index (χ1n) is 7.73. The standard InChI is InChI=1S/C18H21NO3/c1-11(12-6-4-3-5-7-12)19-17(20)15-13-8-9-14(10-13)16(15)18(21)22-2/h3-9,11,13-16H,10H2,1-2H3,(H,19,20)/t11-,13-,14+,15+,16+/m0/s1. The molecule has 1 saturated carbocycles. The molecule has 0 heterocycles. The van der Waals surface area contributed by atoms with Crippen molar-refractivity contribution in [3.8, 4) is 0 Å². The number of carbonyl (C=O) groups is 2. The van der Waals surface area contributed by atoms with E-state index in [0.717, 1.165) is 12.0 Å². The Kier molecular flexibility index (Phi) is 4.01. The molecule has 4 nitrogen and oxygen atoms in total. The van der Waals surface area contributed by atoms with E-state index in [1.807, 2.05) is 37.3 Å². The van der Waals surface area contributed by atoms with Crippen LogP contribution >= 0.6 is 0 Å². The maximum absolute atomic E-state index is 12.7. The zero-order chi connectivity index (χ0) is 15.7. The number of hydrogen-bond acceptors (Lipinski definition) is 3. The number of amides is 1. The minimum Gasteiger partial charge on any atom is -0.469 e. The molecule has 2 aliphatic rings. The minimum absolute atomic E-state index is 0.0522. The van der Waals surface area contributed by atoms with Crippen LogP contribution in [0, 0.1) is 23.7 Å². The van der Waals surface area contributed by atoms with Gasteiger partial charge in [-0.2, -0.15) is 0 Å². The van der Waals surface area contributed by atoms with Crippen molar-refractivity contribution >= 4 is 11.9 Å². The average Bonchev–Trinajstić information content (AvgIpc) is 3.15. The Morgan fingerprint density at radius 3 is 2.41 bits per heavy atom. The number of nitrogens with one attached hydrogen (secondary N) is 1. The molecule has 116 valence electrons. The first-order chi connectivity index (χ1) is 10.6. The minimum atomic E-state index is -0.344. The number of allylic oxidation sites excluding steroid dienone is 2. The highest BCUT2D eigenvalue weighted by Gasteiger charge is 2.52. The molecular formula is C18H21NO3. The summed E-state index contributed by atoms with van der Waals surface area (Å²) in [6.07, 6.45) is 5.00. The SMILES string of the molecule is COC(=O)[C@H]1[C@H](C(=O)N[C@@H](C)c2ccccc2)[C@H]2C=C[C@@H]1C2. The third-order valence-electron chi connectivity index (χ3n) is 4.89. The van der Waals surface area contributed by atoms with Crippen LogP contribution in [0.3, 0.4) is 0 Å². The summed E-state index contributed by atoms with van der Waals surface area (Å²) in [6.45, 7) is 1.96. The molecule has 4 heteroatoms.